The van der Waals surface area contributed by atoms with Crippen molar-refractivity contribution in [1.29, 1.82) is 0 Å². The van der Waals surface area contributed by atoms with E-state index < -0.39 is 5.60 Å². The third-order valence-electron chi connectivity index (χ3n) is 3.82. The third-order valence-corrected chi connectivity index (χ3v) is 3.82. The fraction of sp³-hybridized carbons (Fsp3) is 0.500. The van der Waals surface area contributed by atoms with E-state index in [1.54, 1.807) is 4.90 Å². The van der Waals surface area contributed by atoms with Crippen LogP contribution < -0.4 is 4.90 Å². The molecule has 4 nitrogen and oxygen atoms in total. The van der Waals surface area contributed by atoms with Crippen molar-refractivity contribution in [2.24, 2.45) is 0 Å². The minimum Gasteiger partial charge on any atom is -0.443 e. The zero-order valence-corrected chi connectivity index (χ0v) is 12.1. The van der Waals surface area contributed by atoms with Crippen molar-refractivity contribution in [3.63, 3.8) is 0 Å². The van der Waals surface area contributed by atoms with Gasteiger partial charge in [0.25, 0.3) is 0 Å². The van der Waals surface area contributed by atoms with Crippen LogP contribution in [0.3, 0.4) is 0 Å². The third kappa shape index (κ3) is 2.09. The first-order valence-corrected chi connectivity index (χ1v) is 7.03. The Morgan fingerprint density at radius 1 is 1.35 bits per heavy atom. The summed E-state index contributed by atoms with van der Waals surface area (Å²) in [6.45, 7) is 6.20. The number of carbonyl (C=O) groups is 2. The number of hydrogen-bond acceptors (Lipinski definition) is 3. The van der Waals surface area contributed by atoms with E-state index >= 15 is 0 Å². The van der Waals surface area contributed by atoms with Gasteiger partial charge in [-0.25, -0.2) is 4.79 Å². The molecule has 1 unspecified atom stereocenters. The zero-order valence-electron chi connectivity index (χ0n) is 12.1. The average Bonchev–Trinajstić information content (AvgIpc) is 2.72. The number of amides is 1. The second kappa shape index (κ2) is 4.33. The van der Waals surface area contributed by atoms with Crippen LogP contribution >= 0.6 is 0 Å². The van der Waals surface area contributed by atoms with Gasteiger partial charge < -0.3 is 4.74 Å². The van der Waals surface area contributed by atoms with Crippen LogP contribution in [0, 0.1) is 0 Å². The molecule has 0 bridgehead atoms. The van der Waals surface area contributed by atoms with Gasteiger partial charge in [-0.15, -0.1) is 0 Å². The topological polar surface area (TPSA) is 46.6 Å². The van der Waals surface area contributed by atoms with E-state index in [1.807, 2.05) is 39.0 Å². The summed E-state index contributed by atoms with van der Waals surface area (Å²) in [5.41, 5.74) is 2.15. The predicted molar refractivity (Wildman–Crippen MR) is 76.3 cm³/mol. The maximum atomic E-state index is 12.3. The number of anilines is 1. The smallest absolute Gasteiger partial charge is 0.414 e. The highest BCUT2D eigenvalue weighted by Gasteiger charge is 2.39. The molecule has 2 aliphatic rings. The summed E-state index contributed by atoms with van der Waals surface area (Å²) < 4.78 is 5.46. The van der Waals surface area contributed by atoms with Crippen molar-refractivity contribution in [2.75, 3.05) is 11.4 Å². The molecule has 0 N–H and O–H groups in total. The van der Waals surface area contributed by atoms with Crippen LogP contribution in [0.4, 0.5) is 10.5 Å². The van der Waals surface area contributed by atoms with Crippen LogP contribution in [-0.2, 0) is 4.74 Å². The summed E-state index contributed by atoms with van der Waals surface area (Å²) in [6, 6.07) is 5.62. The number of nitrogens with zero attached hydrogens (tertiary/aromatic N) is 1. The molecule has 106 valence electrons. The van der Waals surface area contributed by atoms with Gasteiger partial charge in [0.15, 0.2) is 5.78 Å². The number of rotatable bonds is 0. The van der Waals surface area contributed by atoms with Gasteiger partial charge in [0.2, 0.25) is 0 Å². The first-order valence-electron chi connectivity index (χ1n) is 7.03. The molecule has 0 aromatic heterocycles. The van der Waals surface area contributed by atoms with E-state index in [0.717, 1.165) is 23.2 Å². The second-order valence-corrected chi connectivity index (χ2v) is 6.49. The van der Waals surface area contributed by atoms with Crippen LogP contribution in [0.2, 0.25) is 0 Å². The van der Waals surface area contributed by atoms with E-state index in [1.165, 1.54) is 0 Å². The Balaban J connectivity index is 1.97. The molecule has 3 rings (SSSR count). The Kier molecular flexibility index (Phi) is 2.85. The lowest BCUT2D eigenvalue weighted by molar-refractivity contribution is 0.0582. The molecule has 0 saturated carbocycles. The Bertz CT molecular complexity index is 586. The van der Waals surface area contributed by atoms with Crippen molar-refractivity contribution in [1.82, 2.24) is 0 Å². The fourth-order valence-corrected chi connectivity index (χ4v) is 3.04. The SMILES string of the molecule is CC(C)(C)OC(=O)N1CC2CCC(=O)c3cccc1c32. The summed E-state index contributed by atoms with van der Waals surface area (Å²) in [5, 5.41) is 0. The van der Waals surface area contributed by atoms with Gasteiger partial charge in [-0.05, 0) is 38.8 Å². The normalized spacial score (nSPS) is 20.9. The van der Waals surface area contributed by atoms with Crippen LogP contribution in [0.25, 0.3) is 0 Å². The minimum atomic E-state index is -0.511. The summed E-state index contributed by atoms with van der Waals surface area (Å²) in [6.07, 6.45) is 1.07. The van der Waals surface area contributed by atoms with Crippen LogP contribution in [-0.4, -0.2) is 24.0 Å². The molecular formula is C16H19NO3. The highest BCUT2D eigenvalue weighted by molar-refractivity contribution is 6.03. The Morgan fingerprint density at radius 2 is 2.10 bits per heavy atom. The molecule has 0 fully saturated rings. The Morgan fingerprint density at radius 3 is 2.80 bits per heavy atom. The van der Waals surface area contributed by atoms with E-state index in [-0.39, 0.29) is 17.8 Å². The Labute approximate surface area is 118 Å². The van der Waals surface area contributed by atoms with E-state index in [0.29, 0.717) is 13.0 Å². The number of ketones is 1. The van der Waals surface area contributed by atoms with Crippen LogP contribution in [0.1, 0.15) is 55.5 Å². The first kappa shape index (κ1) is 13.2. The molecule has 1 aliphatic heterocycles. The lowest BCUT2D eigenvalue weighted by Crippen LogP contribution is -2.36. The van der Waals surface area contributed by atoms with Gasteiger partial charge in [0.1, 0.15) is 5.60 Å². The highest BCUT2D eigenvalue weighted by atomic mass is 16.6. The van der Waals surface area contributed by atoms with Crippen molar-refractivity contribution >= 4 is 17.6 Å². The van der Waals surface area contributed by atoms with Gasteiger partial charge in [0, 0.05) is 24.4 Å². The average molecular weight is 273 g/mol. The summed E-state index contributed by atoms with van der Waals surface area (Å²) in [7, 11) is 0. The van der Waals surface area contributed by atoms with Gasteiger partial charge in [0.05, 0.1) is 5.69 Å². The van der Waals surface area contributed by atoms with E-state index in [2.05, 4.69) is 0 Å². The van der Waals surface area contributed by atoms with Crippen LogP contribution in [0.5, 0.6) is 0 Å². The molecular weight excluding hydrogens is 254 g/mol. The van der Waals surface area contributed by atoms with Gasteiger partial charge in [-0.3, -0.25) is 9.69 Å². The molecule has 20 heavy (non-hydrogen) atoms. The molecule has 0 saturated heterocycles. The maximum Gasteiger partial charge on any atom is 0.414 e. The largest absolute Gasteiger partial charge is 0.443 e. The molecule has 0 spiro atoms. The predicted octanol–water partition coefficient (Wildman–Crippen LogP) is 3.50. The van der Waals surface area contributed by atoms with Gasteiger partial charge >= 0.3 is 6.09 Å². The second-order valence-electron chi connectivity index (χ2n) is 6.49. The van der Waals surface area contributed by atoms with Crippen molar-refractivity contribution in [3.8, 4) is 0 Å². The monoisotopic (exact) mass is 273 g/mol. The first-order chi connectivity index (χ1) is 9.37. The van der Waals surface area contributed by atoms with Crippen molar-refractivity contribution in [2.45, 2.75) is 45.1 Å². The summed E-state index contributed by atoms with van der Waals surface area (Å²) in [4.78, 5) is 26.0. The number of hydrogen-bond donors (Lipinski definition) is 0. The minimum absolute atomic E-state index is 0.184. The molecule has 1 atom stereocenters. The molecule has 1 heterocycles. The molecule has 0 radical (unpaired) electrons. The standard InChI is InChI=1S/C16H19NO3/c1-16(2,3)20-15(19)17-9-10-7-8-13(18)11-5-4-6-12(17)14(10)11/h4-6,10H,7-9H2,1-3H3. The summed E-state index contributed by atoms with van der Waals surface area (Å²) >= 11 is 0. The van der Waals surface area contributed by atoms with Crippen molar-refractivity contribution < 1.29 is 14.3 Å². The number of carbonyl (C=O) groups excluding carboxylic acids is 2. The van der Waals surface area contributed by atoms with Crippen LogP contribution in [0.15, 0.2) is 18.2 Å². The lowest BCUT2D eigenvalue weighted by atomic mass is 9.83. The summed E-state index contributed by atoms with van der Waals surface area (Å²) in [5.74, 6) is 0.454. The molecule has 4 heteroatoms. The molecule has 1 aliphatic carbocycles. The lowest BCUT2D eigenvalue weighted by Gasteiger charge is -2.25. The maximum absolute atomic E-state index is 12.3. The number of Topliss-reactive ketones (excluding diaryl/α,β-unsaturated/α-hetero) is 1. The fourth-order valence-electron chi connectivity index (χ4n) is 3.04. The zero-order chi connectivity index (χ0) is 14.5. The molecule has 1 aromatic rings. The highest BCUT2D eigenvalue weighted by Crippen LogP contribution is 2.44. The molecule has 1 aromatic carbocycles. The molecule has 1 amide bonds. The Hall–Kier alpha value is -1.84. The number of benzene rings is 1. The quantitative estimate of drug-likeness (QED) is 0.726. The van der Waals surface area contributed by atoms with Gasteiger partial charge in [-0.1, -0.05) is 12.1 Å². The number of ether oxygens (including phenoxy) is 1. The van der Waals surface area contributed by atoms with E-state index in [4.69, 9.17) is 4.74 Å². The van der Waals surface area contributed by atoms with Gasteiger partial charge in [-0.2, -0.15) is 0 Å². The van der Waals surface area contributed by atoms with E-state index in [9.17, 15) is 9.59 Å². The van der Waals surface area contributed by atoms with Crippen molar-refractivity contribution in [3.05, 3.63) is 29.3 Å².